The number of benzene rings is 1. The lowest BCUT2D eigenvalue weighted by Gasteiger charge is -2.35. The minimum atomic E-state index is -0.374. The first-order valence-corrected chi connectivity index (χ1v) is 8.53. The van der Waals surface area contributed by atoms with E-state index in [2.05, 4.69) is 10.3 Å². The maximum absolute atomic E-state index is 12.2. The first kappa shape index (κ1) is 16.9. The SMILES string of the molecule is O=C(OCc1ccccc1)N1CCC(CC2(CO)C=NCN2)CC1. The molecule has 0 aliphatic carbocycles. The highest BCUT2D eigenvalue weighted by Crippen LogP contribution is 2.27. The maximum Gasteiger partial charge on any atom is 0.410 e. The first-order valence-electron chi connectivity index (χ1n) is 8.53. The predicted octanol–water partition coefficient (Wildman–Crippen LogP) is 1.79. The van der Waals surface area contributed by atoms with Crippen molar-refractivity contribution in [2.24, 2.45) is 10.9 Å². The lowest BCUT2D eigenvalue weighted by molar-refractivity contribution is 0.0777. The van der Waals surface area contributed by atoms with Crippen LogP contribution in [0.2, 0.25) is 0 Å². The number of carbonyl (C=O) groups is 1. The number of piperidine rings is 1. The summed E-state index contributed by atoms with van der Waals surface area (Å²) in [5, 5.41) is 12.9. The molecule has 3 rings (SSSR count). The van der Waals surface area contributed by atoms with E-state index in [4.69, 9.17) is 4.74 Å². The topological polar surface area (TPSA) is 74.2 Å². The van der Waals surface area contributed by atoms with Gasteiger partial charge in [0.1, 0.15) is 6.61 Å². The molecule has 130 valence electrons. The van der Waals surface area contributed by atoms with E-state index >= 15 is 0 Å². The van der Waals surface area contributed by atoms with Crippen molar-refractivity contribution in [2.45, 2.75) is 31.4 Å². The molecule has 1 unspecified atom stereocenters. The molecule has 0 spiro atoms. The number of ether oxygens (including phenoxy) is 1. The van der Waals surface area contributed by atoms with E-state index in [0.29, 0.717) is 32.3 Å². The lowest BCUT2D eigenvalue weighted by atomic mass is 9.84. The third-order valence-corrected chi connectivity index (χ3v) is 4.87. The highest BCUT2D eigenvalue weighted by Gasteiger charge is 2.35. The Labute approximate surface area is 142 Å². The standard InChI is InChI=1S/C18H25N3O3/c22-13-18(12-19-14-20-18)10-15-6-8-21(9-7-15)17(23)24-11-16-4-2-1-3-5-16/h1-5,12,15,20,22H,6-11,13-14H2. The van der Waals surface area contributed by atoms with Crippen LogP contribution in [0.1, 0.15) is 24.8 Å². The third-order valence-electron chi connectivity index (χ3n) is 4.87. The summed E-state index contributed by atoms with van der Waals surface area (Å²) in [5.41, 5.74) is 0.623. The molecule has 1 aromatic carbocycles. The molecule has 1 aromatic rings. The van der Waals surface area contributed by atoms with Gasteiger partial charge in [-0.05, 0) is 30.7 Å². The Kier molecular flexibility index (Phi) is 5.48. The van der Waals surface area contributed by atoms with Gasteiger partial charge in [0.2, 0.25) is 0 Å². The molecule has 2 N–H and O–H groups in total. The van der Waals surface area contributed by atoms with E-state index in [-0.39, 0.29) is 18.2 Å². The van der Waals surface area contributed by atoms with Gasteiger partial charge in [-0.1, -0.05) is 30.3 Å². The number of aliphatic hydroxyl groups excluding tert-OH is 1. The number of hydrogen-bond donors (Lipinski definition) is 2. The molecule has 6 heteroatoms. The second kappa shape index (κ2) is 7.77. The summed E-state index contributed by atoms with van der Waals surface area (Å²) in [5.74, 6) is 0.479. The zero-order chi connectivity index (χ0) is 16.8. The van der Waals surface area contributed by atoms with Gasteiger partial charge in [0.05, 0.1) is 18.8 Å². The van der Waals surface area contributed by atoms with Gasteiger partial charge in [0, 0.05) is 19.3 Å². The Morgan fingerprint density at radius 2 is 2.08 bits per heavy atom. The average Bonchev–Trinajstić information content (AvgIpc) is 3.10. The molecule has 0 bridgehead atoms. The third kappa shape index (κ3) is 4.13. The van der Waals surface area contributed by atoms with Crippen LogP contribution >= 0.6 is 0 Å². The number of carbonyl (C=O) groups excluding carboxylic acids is 1. The van der Waals surface area contributed by atoms with Gasteiger partial charge in [-0.2, -0.15) is 0 Å². The van der Waals surface area contributed by atoms with Crippen LogP contribution in [-0.2, 0) is 11.3 Å². The quantitative estimate of drug-likeness (QED) is 0.863. The van der Waals surface area contributed by atoms with Crippen LogP contribution < -0.4 is 5.32 Å². The van der Waals surface area contributed by atoms with Crippen LogP contribution in [0.15, 0.2) is 35.3 Å². The Morgan fingerprint density at radius 3 is 2.71 bits per heavy atom. The summed E-state index contributed by atoms with van der Waals surface area (Å²) in [6.45, 7) is 2.36. The number of nitrogens with one attached hydrogen (secondary N) is 1. The van der Waals surface area contributed by atoms with Crippen molar-refractivity contribution in [3.8, 4) is 0 Å². The Balaban J connectivity index is 1.43. The highest BCUT2D eigenvalue weighted by atomic mass is 16.6. The molecule has 24 heavy (non-hydrogen) atoms. The number of amides is 1. The van der Waals surface area contributed by atoms with Crippen molar-refractivity contribution in [1.29, 1.82) is 0 Å². The molecule has 6 nitrogen and oxygen atoms in total. The number of aliphatic imine (C=N–C) groups is 1. The van der Waals surface area contributed by atoms with Crippen LogP contribution in [0.25, 0.3) is 0 Å². The summed E-state index contributed by atoms with van der Waals surface area (Å²) < 4.78 is 5.39. The van der Waals surface area contributed by atoms with Crippen LogP contribution in [0.3, 0.4) is 0 Å². The Morgan fingerprint density at radius 1 is 1.33 bits per heavy atom. The van der Waals surface area contributed by atoms with Crippen LogP contribution in [0, 0.1) is 5.92 Å². The van der Waals surface area contributed by atoms with E-state index in [9.17, 15) is 9.90 Å². The van der Waals surface area contributed by atoms with Gasteiger partial charge in [-0.25, -0.2) is 4.79 Å². The molecule has 1 amide bonds. The highest BCUT2D eigenvalue weighted by molar-refractivity contribution is 5.72. The second-order valence-corrected chi connectivity index (χ2v) is 6.64. The number of aliphatic hydroxyl groups is 1. The van der Waals surface area contributed by atoms with E-state index in [1.165, 1.54) is 0 Å². The summed E-state index contributed by atoms with van der Waals surface area (Å²) in [6.07, 6.45) is 4.32. The van der Waals surface area contributed by atoms with Crippen molar-refractivity contribution in [3.63, 3.8) is 0 Å². The van der Waals surface area contributed by atoms with Crippen molar-refractivity contribution < 1.29 is 14.6 Å². The van der Waals surface area contributed by atoms with E-state index < -0.39 is 0 Å². The normalized spacial score (nSPS) is 24.3. The zero-order valence-electron chi connectivity index (χ0n) is 13.9. The van der Waals surface area contributed by atoms with Crippen molar-refractivity contribution in [3.05, 3.63) is 35.9 Å². The van der Waals surface area contributed by atoms with Gasteiger partial charge in [-0.15, -0.1) is 0 Å². The Hall–Kier alpha value is -1.92. The van der Waals surface area contributed by atoms with Gasteiger partial charge in [-0.3, -0.25) is 10.3 Å². The fourth-order valence-corrected chi connectivity index (χ4v) is 3.40. The van der Waals surface area contributed by atoms with Crippen LogP contribution in [-0.4, -0.2) is 54.2 Å². The number of nitrogens with zero attached hydrogens (tertiary/aromatic N) is 2. The Bertz CT molecular complexity index is 570. The molecular weight excluding hydrogens is 306 g/mol. The van der Waals surface area contributed by atoms with Gasteiger partial charge in [0.15, 0.2) is 0 Å². The summed E-state index contributed by atoms with van der Waals surface area (Å²) >= 11 is 0. The fourth-order valence-electron chi connectivity index (χ4n) is 3.40. The van der Waals surface area contributed by atoms with E-state index in [0.717, 1.165) is 24.8 Å². The molecule has 0 aromatic heterocycles. The van der Waals surface area contributed by atoms with Crippen LogP contribution in [0.4, 0.5) is 4.79 Å². The monoisotopic (exact) mass is 331 g/mol. The summed E-state index contributed by atoms with van der Waals surface area (Å²) in [7, 11) is 0. The van der Waals surface area contributed by atoms with Gasteiger partial charge >= 0.3 is 6.09 Å². The minimum absolute atomic E-state index is 0.0653. The molecule has 2 aliphatic heterocycles. The predicted molar refractivity (Wildman–Crippen MR) is 91.9 cm³/mol. The smallest absolute Gasteiger partial charge is 0.410 e. The molecule has 1 fully saturated rings. The molecule has 2 aliphatic rings. The fraction of sp³-hybridized carbons (Fsp3) is 0.556. The number of hydrogen-bond acceptors (Lipinski definition) is 5. The molecular formula is C18H25N3O3. The zero-order valence-corrected chi connectivity index (χ0v) is 13.9. The maximum atomic E-state index is 12.2. The molecule has 0 radical (unpaired) electrons. The second-order valence-electron chi connectivity index (χ2n) is 6.64. The largest absolute Gasteiger partial charge is 0.445 e. The van der Waals surface area contributed by atoms with Crippen LogP contribution in [0.5, 0.6) is 0 Å². The van der Waals surface area contributed by atoms with E-state index in [1.807, 2.05) is 36.5 Å². The minimum Gasteiger partial charge on any atom is -0.445 e. The van der Waals surface area contributed by atoms with E-state index in [1.54, 1.807) is 4.90 Å². The summed E-state index contributed by atoms with van der Waals surface area (Å²) in [4.78, 5) is 18.1. The van der Waals surface area contributed by atoms with Crippen molar-refractivity contribution in [1.82, 2.24) is 10.2 Å². The summed E-state index contributed by atoms with van der Waals surface area (Å²) in [6, 6.07) is 9.71. The molecule has 1 saturated heterocycles. The molecule has 0 saturated carbocycles. The first-order chi connectivity index (χ1) is 11.7. The molecule has 2 heterocycles. The van der Waals surface area contributed by atoms with Crippen molar-refractivity contribution in [2.75, 3.05) is 26.4 Å². The van der Waals surface area contributed by atoms with Gasteiger partial charge < -0.3 is 14.7 Å². The van der Waals surface area contributed by atoms with Gasteiger partial charge in [0.25, 0.3) is 0 Å². The average molecular weight is 331 g/mol. The van der Waals surface area contributed by atoms with Crippen molar-refractivity contribution >= 4 is 12.3 Å². The number of rotatable bonds is 5. The molecule has 1 atom stereocenters. The number of likely N-dealkylation sites (tertiary alicyclic amines) is 1. The lowest BCUT2D eigenvalue weighted by Crippen LogP contribution is -2.49.